The van der Waals surface area contributed by atoms with Gasteiger partial charge in [-0.2, -0.15) is 0 Å². The van der Waals surface area contributed by atoms with E-state index in [0.717, 1.165) is 12.8 Å². The fourth-order valence-electron chi connectivity index (χ4n) is 3.13. The van der Waals surface area contributed by atoms with Gasteiger partial charge in [0.15, 0.2) is 0 Å². The molecule has 0 spiro atoms. The number of piperidine rings is 1. The largest absolute Gasteiger partial charge is 0.342 e. The number of amides is 2. The van der Waals surface area contributed by atoms with Crippen molar-refractivity contribution in [2.24, 2.45) is 11.8 Å². The molecule has 1 N–H and O–H groups in total. The van der Waals surface area contributed by atoms with Crippen LogP contribution in [0.25, 0.3) is 0 Å². The molecule has 2 amide bonds. The predicted molar refractivity (Wildman–Crippen MR) is 98.5 cm³/mol. The molecule has 0 bridgehead atoms. The van der Waals surface area contributed by atoms with Crippen molar-refractivity contribution in [2.45, 2.75) is 39.5 Å². The Bertz CT molecular complexity index is 574. The Morgan fingerprint density at radius 1 is 1.12 bits per heavy atom. The van der Waals surface area contributed by atoms with E-state index in [0.29, 0.717) is 41.7 Å². The number of anilines is 1. The topological polar surface area (TPSA) is 49.4 Å². The lowest BCUT2D eigenvalue weighted by Gasteiger charge is -2.33. The minimum atomic E-state index is -0.0893. The van der Waals surface area contributed by atoms with Gasteiger partial charge < -0.3 is 10.2 Å². The molecule has 1 aliphatic heterocycles. The van der Waals surface area contributed by atoms with Gasteiger partial charge in [-0.25, -0.2) is 0 Å². The minimum absolute atomic E-state index is 0.0389. The molecule has 2 rings (SSSR count). The Morgan fingerprint density at radius 2 is 1.67 bits per heavy atom. The summed E-state index contributed by atoms with van der Waals surface area (Å²) in [6, 6.07) is 4.98. The lowest BCUT2D eigenvalue weighted by molar-refractivity contribution is -0.138. The van der Waals surface area contributed by atoms with Crippen molar-refractivity contribution in [3.63, 3.8) is 0 Å². The van der Waals surface area contributed by atoms with Crippen LogP contribution in [0.2, 0.25) is 10.0 Å². The van der Waals surface area contributed by atoms with Gasteiger partial charge in [0, 0.05) is 40.7 Å². The zero-order chi connectivity index (χ0) is 17.7. The fourth-order valence-corrected chi connectivity index (χ4v) is 3.65. The summed E-state index contributed by atoms with van der Waals surface area (Å²) in [5, 5.41) is 3.85. The number of rotatable bonds is 5. The normalized spacial score (nSPS) is 15.6. The number of nitrogens with one attached hydrogen (secondary N) is 1. The van der Waals surface area contributed by atoms with Crippen molar-refractivity contribution in [3.8, 4) is 0 Å². The molecule has 0 saturated carbocycles. The third-order valence-corrected chi connectivity index (χ3v) is 5.08. The second-order valence-corrected chi connectivity index (χ2v) is 7.13. The zero-order valence-corrected chi connectivity index (χ0v) is 15.7. The molecule has 0 aromatic heterocycles. The minimum Gasteiger partial charge on any atom is -0.342 e. The summed E-state index contributed by atoms with van der Waals surface area (Å²) in [5.41, 5.74) is 0.605. The number of benzene rings is 1. The first-order valence-corrected chi connectivity index (χ1v) is 9.25. The monoisotopic (exact) mass is 370 g/mol. The average molecular weight is 371 g/mol. The third kappa shape index (κ3) is 4.87. The quantitative estimate of drug-likeness (QED) is 0.822. The van der Waals surface area contributed by atoms with Gasteiger partial charge in [0.2, 0.25) is 11.8 Å². The van der Waals surface area contributed by atoms with E-state index in [-0.39, 0.29) is 23.7 Å². The van der Waals surface area contributed by atoms with Gasteiger partial charge >= 0.3 is 0 Å². The van der Waals surface area contributed by atoms with Crippen LogP contribution in [0, 0.1) is 11.8 Å². The maximum absolute atomic E-state index is 12.4. The first kappa shape index (κ1) is 19.1. The van der Waals surface area contributed by atoms with Gasteiger partial charge in [-0.1, -0.05) is 37.0 Å². The molecule has 132 valence electrons. The van der Waals surface area contributed by atoms with Crippen LogP contribution in [0.1, 0.15) is 39.5 Å². The third-order valence-electron chi connectivity index (χ3n) is 4.64. The number of likely N-dealkylation sites (tertiary alicyclic amines) is 1. The number of nitrogens with zero attached hydrogens (tertiary/aromatic N) is 1. The van der Waals surface area contributed by atoms with Gasteiger partial charge in [-0.3, -0.25) is 9.59 Å². The van der Waals surface area contributed by atoms with Crippen LogP contribution < -0.4 is 5.32 Å². The summed E-state index contributed by atoms with van der Waals surface area (Å²) in [5.74, 6) is 0.195. The van der Waals surface area contributed by atoms with Crippen molar-refractivity contribution in [2.75, 3.05) is 18.4 Å². The smallest absolute Gasteiger partial charge is 0.227 e. The van der Waals surface area contributed by atoms with Crippen LogP contribution in [0.4, 0.5) is 5.69 Å². The summed E-state index contributed by atoms with van der Waals surface area (Å²) in [7, 11) is 0. The lowest BCUT2D eigenvalue weighted by atomic mass is 9.93. The SMILES string of the molecule is CCC(CC)C(=O)N1CCC(C(=O)Nc2cc(Cl)cc(Cl)c2)CC1. The number of halogens is 2. The highest BCUT2D eigenvalue weighted by Gasteiger charge is 2.29. The van der Waals surface area contributed by atoms with E-state index in [1.165, 1.54) is 0 Å². The average Bonchev–Trinajstić information content (AvgIpc) is 2.55. The molecule has 1 aromatic rings. The molecule has 0 unspecified atom stereocenters. The van der Waals surface area contributed by atoms with Crippen LogP contribution in [0.15, 0.2) is 18.2 Å². The summed E-state index contributed by atoms with van der Waals surface area (Å²) in [6.07, 6.45) is 3.11. The fraction of sp³-hybridized carbons (Fsp3) is 0.556. The molecule has 0 aliphatic carbocycles. The summed E-state index contributed by atoms with van der Waals surface area (Å²) in [6.45, 7) is 5.37. The van der Waals surface area contributed by atoms with Crippen LogP contribution in [-0.2, 0) is 9.59 Å². The van der Waals surface area contributed by atoms with E-state index in [4.69, 9.17) is 23.2 Å². The van der Waals surface area contributed by atoms with E-state index < -0.39 is 0 Å². The molecule has 0 radical (unpaired) electrons. The van der Waals surface area contributed by atoms with E-state index in [9.17, 15) is 9.59 Å². The van der Waals surface area contributed by atoms with E-state index in [1.807, 2.05) is 18.7 Å². The Hall–Kier alpha value is -1.26. The predicted octanol–water partition coefficient (Wildman–Crippen LogP) is 4.61. The lowest BCUT2D eigenvalue weighted by Crippen LogP contribution is -2.43. The maximum Gasteiger partial charge on any atom is 0.227 e. The Kier molecular flexibility index (Phi) is 6.93. The van der Waals surface area contributed by atoms with Crippen molar-refractivity contribution in [1.82, 2.24) is 4.90 Å². The molecule has 1 aliphatic rings. The number of hydrogen-bond donors (Lipinski definition) is 1. The summed E-state index contributed by atoms with van der Waals surface area (Å²) >= 11 is 11.9. The molecule has 1 aromatic carbocycles. The molecule has 4 nitrogen and oxygen atoms in total. The van der Waals surface area contributed by atoms with Crippen LogP contribution in [0.5, 0.6) is 0 Å². The van der Waals surface area contributed by atoms with Gasteiger partial charge in [0.25, 0.3) is 0 Å². The van der Waals surface area contributed by atoms with Gasteiger partial charge in [-0.05, 0) is 43.9 Å². The molecule has 1 fully saturated rings. The van der Waals surface area contributed by atoms with Crippen LogP contribution in [-0.4, -0.2) is 29.8 Å². The Morgan fingerprint density at radius 3 is 2.17 bits per heavy atom. The van der Waals surface area contributed by atoms with Gasteiger partial charge in [0.1, 0.15) is 0 Å². The highest BCUT2D eigenvalue weighted by Crippen LogP contribution is 2.25. The maximum atomic E-state index is 12.4. The van der Waals surface area contributed by atoms with E-state index >= 15 is 0 Å². The standard InChI is InChI=1S/C18H24Cl2N2O2/c1-3-12(4-2)18(24)22-7-5-13(6-8-22)17(23)21-16-10-14(19)9-15(20)11-16/h9-13H,3-8H2,1-2H3,(H,21,23). The molecule has 24 heavy (non-hydrogen) atoms. The number of hydrogen-bond acceptors (Lipinski definition) is 2. The molecule has 1 saturated heterocycles. The van der Waals surface area contributed by atoms with Crippen LogP contribution in [0.3, 0.4) is 0 Å². The van der Waals surface area contributed by atoms with Crippen molar-refractivity contribution in [1.29, 1.82) is 0 Å². The Balaban J connectivity index is 1.89. The highest BCUT2D eigenvalue weighted by atomic mass is 35.5. The van der Waals surface area contributed by atoms with Crippen molar-refractivity contribution < 1.29 is 9.59 Å². The van der Waals surface area contributed by atoms with E-state index in [2.05, 4.69) is 5.32 Å². The molecule has 1 heterocycles. The van der Waals surface area contributed by atoms with Gasteiger partial charge in [-0.15, -0.1) is 0 Å². The van der Waals surface area contributed by atoms with Crippen LogP contribution >= 0.6 is 23.2 Å². The van der Waals surface area contributed by atoms with Crippen molar-refractivity contribution in [3.05, 3.63) is 28.2 Å². The molecular formula is C18H24Cl2N2O2. The molecule has 0 atom stereocenters. The first-order valence-electron chi connectivity index (χ1n) is 8.50. The van der Waals surface area contributed by atoms with E-state index in [1.54, 1.807) is 18.2 Å². The summed E-state index contributed by atoms with van der Waals surface area (Å²) in [4.78, 5) is 26.7. The first-order chi connectivity index (χ1) is 11.4. The number of carbonyl (C=O) groups excluding carboxylic acids is 2. The highest BCUT2D eigenvalue weighted by molar-refractivity contribution is 6.35. The number of carbonyl (C=O) groups is 2. The molecule has 6 heteroatoms. The molecular weight excluding hydrogens is 347 g/mol. The second-order valence-electron chi connectivity index (χ2n) is 6.26. The van der Waals surface area contributed by atoms with Crippen molar-refractivity contribution >= 4 is 40.7 Å². The Labute approximate surface area is 153 Å². The second kappa shape index (κ2) is 8.72. The zero-order valence-electron chi connectivity index (χ0n) is 14.1. The summed E-state index contributed by atoms with van der Waals surface area (Å²) < 4.78 is 0. The van der Waals surface area contributed by atoms with Gasteiger partial charge in [0.05, 0.1) is 0 Å².